The molecule has 0 unspecified atom stereocenters. The van der Waals surface area contributed by atoms with Crippen molar-refractivity contribution in [2.75, 3.05) is 20.3 Å². The van der Waals surface area contributed by atoms with Crippen LogP contribution in [0.4, 0.5) is 4.79 Å². The number of carbonyl (C=O) groups excluding carboxylic acids is 3. The smallest absolute Gasteiger partial charge is 0.326 e. The van der Waals surface area contributed by atoms with Gasteiger partial charge in [-0.15, -0.1) is 0 Å². The molecule has 2 amide bonds. The number of thioether (sulfide) groups is 1. The van der Waals surface area contributed by atoms with Crippen LogP contribution in [-0.4, -0.2) is 42.3 Å². The number of benzene rings is 2. The van der Waals surface area contributed by atoms with E-state index in [1.165, 1.54) is 0 Å². The highest BCUT2D eigenvalue weighted by Crippen LogP contribution is 2.36. The Morgan fingerprint density at radius 2 is 1.96 bits per heavy atom. The number of ether oxygens (including phenoxy) is 2. The predicted octanol–water partition coefficient (Wildman–Crippen LogP) is 3.45. The standard InChI is InChI=1S/C19H17NO5S/c1-3-25-17(21)11-20-18(22)16(26-19(20)23)10-14-13-7-5-4-6-12(13)8-9-15(14)24-2/h4-10H,3,11H2,1-2H3/b16-10-. The van der Waals surface area contributed by atoms with Crippen LogP contribution in [0.2, 0.25) is 0 Å². The Balaban J connectivity index is 1.98. The summed E-state index contributed by atoms with van der Waals surface area (Å²) in [6.07, 6.45) is 1.64. The molecule has 0 bridgehead atoms. The molecule has 134 valence electrons. The van der Waals surface area contributed by atoms with Gasteiger partial charge in [0, 0.05) is 5.56 Å². The van der Waals surface area contributed by atoms with Crippen LogP contribution in [0.5, 0.6) is 5.75 Å². The van der Waals surface area contributed by atoms with Gasteiger partial charge in [0.25, 0.3) is 11.1 Å². The van der Waals surface area contributed by atoms with Crippen molar-refractivity contribution in [1.82, 2.24) is 4.90 Å². The molecule has 6 nitrogen and oxygen atoms in total. The number of hydrogen-bond acceptors (Lipinski definition) is 6. The van der Waals surface area contributed by atoms with Crippen LogP contribution in [0, 0.1) is 0 Å². The fourth-order valence-corrected chi connectivity index (χ4v) is 3.53. The number of rotatable bonds is 5. The predicted molar refractivity (Wildman–Crippen MR) is 99.8 cm³/mol. The number of hydrogen-bond donors (Lipinski definition) is 0. The van der Waals surface area contributed by atoms with Crippen molar-refractivity contribution >= 4 is 45.7 Å². The molecule has 2 aromatic rings. The molecule has 0 aliphatic carbocycles. The second-order valence-corrected chi connectivity index (χ2v) is 6.47. The van der Waals surface area contributed by atoms with Crippen molar-refractivity contribution in [3.05, 3.63) is 46.9 Å². The third kappa shape index (κ3) is 3.43. The summed E-state index contributed by atoms with van der Waals surface area (Å²) in [7, 11) is 1.55. The van der Waals surface area contributed by atoms with Gasteiger partial charge >= 0.3 is 5.97 Å². The lowest BCUT2D eigenvalue weighted by molar-refractivity contribution is -0.145. The van der Waals surface area contributed by atoms with Gasteiger partial charge in [-0.05, 0) is 41.6 Å². The Morgan fingerprint density at radius 3 is 2.69 bits per heavy atom. The number of carbonyl (C=O) groups is 3. The molecule has 2 aromatic carbocycles. The van der Waals surface area contributed by atoms with Crippen LogP contribution in [-0.2, 0) is 14.3 Å². The highest BCUT2D eigenvalue weighted by molar-refractivity contribution is 8.18. The average molecular weight is 371 g/mol. The molecular formula is C19H17NO5S. The second kappa shape index (κ2) is 7.61. The Labute approximate surface area is 154 Å². The van der Waals surface area contributed by atoms with E-state index in [4.69, 9.17) is 9.47 Å². The topological polar surface area (TPSA) is 72.9 Å². The summed E-state index contributed by atoms with van der Waals surface area (Å²) >= 11 is 0.800. The van der Waals surface area contributed by atoms with Crippen molar-refractivity contribution in [3.8, 4) is 5.75 Å². The van der Waals surface area contributed by atoms with Crippen molar-refractivity contribution in [2.45, 2.75) is 6.92 Å². The maximum absolute atomic E-state index is 12.6. The summed E-state index contributed by atoms with van der Waals surface area (Å²) in [6, 6.07) is 11.4. The Morgan fingerprint density at radius 1 is 1.19 bits per heavy atom. The van der Waals surface area contributed by atoms with Gasteiger partial charge in [0.1, 0.15) is 12.3 Å². The summed E-state index contributed by atoms with van der Waals surface area (Å²) in [4.78, 5) is 37.4. The van der Waals surface area contributed by atoms with E-state index in [9.17, 15) is 14.4 Å². The SMILES string of the molecule is CCOC(=O)CN1C(=O)S/C(=C\c2c(OC)ccc3ccccc23)C1=O. The largest absolute Gasteiger partial charge is 0.496 e. The number of fused-ring (bicyclic) bond motifs is 1. The van der Waals surface area contributed by atoms with Gasteiger partial charge in [-0.2, -0.15) is 0 Å². The van der Waals surface area contributed by atoms with E-state index in [2.05, 4.69) is 0 Å². The van der Waals surface area contributed by atoms with Crippen LogP contribution >= 0.6 is 11.8 Å². The maximum atomic E-state index is 12.6. The quantitative estimate of drug-likeness (QED) is 0.592. The Kier molecular flexibility index (Phi) is 5.27. The summed E-state index contributed by atoms with van der Waals surface area (Å²) in [5.41, 5.74) is 0.715. The molecule has 1 aliphatic rings. The Bertz CT molecular complexity index is 921. The molecule has 0 aromatic heterocycles. The average Bonchev–Trinajstić information content (AvgIpc) is 2.89. The first-order valence-electron chi connectivity index (χ1n) is 8.02. The van der Waals surface area contributed by atoms with E-state index < -0.39 is 17.1 Å². The van der Waals surface area contributed by atoms with Gasteiger partial charge in [0.05, 0.1) is 18.6 Å². The molecule has 1 aliphatic heterocycles. The van der Waals surface area contributed by atoms with Crippen LogP contribution < -0.4 is 4.74 Å². The number of esters is 1. The van der Waals surface area contributed by atoms with Crippen molar-refractivity contribution in [2.24, 2.45) is 0 Å². The zero-order valence-corrected chi connectivity index (χ0v) is 15.2. The first kappa shape index (κ1) is 18.0. The minimum atomic E-state index is -0.612. The monoisotopic (exact) mass is 371 g/mol. The van der Waals surface area contributed by atoms with E-state index >= 15 is 0 Å². The molecule has 0 spiro atoms. The first-order valence-corrected chi connectivity index (χ1v) is 8.83. The van der Waals surface area contributed by atoms with Gasteiger partial charge in [-0.25, -0.2) is 0 Å². The minimum Gasteiger partial charge on any atom is -0.496 e. The second-order valence-electron chi connectivity index (χ2n) is 5.48. The number of nitrogens with zero attached hydrogens (tertiary/aromatic N) is 1. The van der Waals surface area contributed by atoms with E-state index in [0.717, 1.165) is 27.4 Å². The van der Waals surface area contributed by atoms with Crippen molar-refractivity contribution in [1.29, 1.82) is 0 Å². The zero-order chi connectivity index (χ0) is 18.7. The summed E-state index contributed by atoms with van der Waals surface area (Å²) in [5.74, 6) is -0.525. The lowest BCUT2D eigenvalue weighted by Gasteiger charge is -2.11. The van der Waals surface area contributed by atoms with Gasteiger partial charge in [-0.1, -0.05) is 30.3 Å². The zero-order valence-electron chi connectivity index (χ0n) is 14.4. The number of methoxy groups -OCH3 is 1. The molecular weight excluding hydrogens is 354 g/mol. The molecule has 1 fully saturated rings. The van der Waals surface area contributed by atoms with Gasteiger partial charge in [0.15, 0.2) is 0 Å². The van der Waals surface area contributed by atoms with E-state index in [-0.39, 0.29) is 18.1 Å². The highest BCUT2D eigenvalue weighted by atomic mass is 32.2. The fourth-order valence-electron chi connectivity index (χ4n) is 2.71. The third-order valence-corrected chi connectivity index (χ3v) is 4.80. The molecule has 0 atom stereocenters. The molecule has 3 rings (SSSR count). The minimum absolute atomic E-state index is 0.193. The van der Waals surface area contributed by atoms with Crippen molar-refractivity contribution < 1.29 is 23.9 Å². The van der Waals surface area contributed by atoms with Gasteiger partial charge in [-0.3, -0.25) is 19.3 Å². The number of amides is 2. The Hall–Kier alpha value is -2.80. The van der Waals surface area contributed by atoms with Gasteiger partial charge in [0.2, 0.25) is 0 Å². The van der Waals surface area contributed by atoms with Crippen LogP contribution in [0.25, 0.3) is 16.8 Å². The molecule has 7 heteroatoms. The normalized spacial score (nSPS) is 15.8. The third-order valence-electron chi connectivity index (χ3n) is 3.89. The van der Waals surface area contributed by atoms with E-state index in [0.29, 0.717) is 11.3 Å². The highest BCUT2D eigenvalue weighted by Gasteiger charge is 2.36. The summed E-state index contributed by atoms with van der Waals surface area (Å²) in [5, 5.41) is 1.41. The first-order chi connectivity index (χ1) is 12.5. The van der Waals surface area contributed by atoms with Gasteiger partial charge < -0.3 is 9.47 Å². The van der Waals surface area contributed by atoms with E-state index in [1.54, 1.807) is 20.1 Å². The summed E-state index contributed by atoms with van der Waals surface area (Å²) < 4.78 is 10.2. The van der Waals surface area contributed by atoms with Crippen LogP contribution in [0.1, 0.15) is 12.5 Å². The molecule has 0 saturated carbocycles. The van der Waals surface area contributed by atoms with Crippen LogP contribution in [0.3, 0.4) is 0 Å². The maximum Gasteiger partial charge on any atom is 0.326 e. The van der Waals surface area contributed by atoms with Crippen molar-refractivity contribution in [3.63, 3.8) is 0 Å². The summed E-state index contributed by atoms with van der Waals surface area (Å²) in [6.45, 7) is 1.47. The fraction of sp³-hybridized carbons (Fsp3) is 0.211. The molecule has 1 heterocycles. The van der Waals surface area contributed by atoms with Crippen LogP contribution in [0.15, 0.2) is 41.3 Å². The number of imide groups is 1. The lowest BCUT2D eigenvalue weighted by atomic mass is 10.0. The molecule has 0 N–H and O–H groups in total. The van der Waals surface area contributed by atoms with E-state index in [1.807, 2.05) is 36.4 Å². The molecule has 0 radical (unpaired) electrons. The molecule has 1 saturated heterocycles. The lowest BCUT2D eigenvalue weighted by Crippen LogP contribution is -2.34. The molecule has 26 heavy (non-hydrogen) atoms.